The third kappa shape index (κ3) is 3.30. The first-order chi connectivity index (χ1) is 9.79. The summed E-state index contributed by atoms with van der Waals surface area (Å²) in [7, 11) is 0. The number of benzene rings is 1. The Morgan fingerprint density at radius 2 is 2.00 bits per heavy atom. The summed E-state index contributed by atoms with van der Waals surface area (Å²) in [5.74, 6) is -0.780. The van der Waals surface area contributed by atoms with E-state index in [1.165, 1.54) is 19.1 Å². The van der Waals surface area contributed by atoms with Crippen LogP contribution in [0.5, 0.6) is 0 Å². The molecule has 1 aromatic heterocycles. The Hall–Kier alpha value is -2.58. The normalized spacial score (nSPS) is 13.0. The van der Waals surface area contributed by atoms with Crippen LogP contribution in [-0.4, -0.2) is 21.1 Å². The first-order valence-corrected chi connectivity index (χ1v) is 5.90. The quantitative estimate of drug-likeness (QED) is 0.804. The standard InChI is InChI=1S/C12H11F3N4O2/c1-6(9-17-11(21)19-18-9)16-10(20)7-4-2-3-5-8(7)12(13,14)15/h2-6H,1H3,(H,16,20)(H2,17,18,19,21). The van der Waals surface area contributed by atoms with Gasteiger partial charge in [0.1, 0.15) is 0 Å². The van der Waals surface area contributed by atoms with Gasteiger partial charge in [-0.25, -0.2) is 9.89 Å². The highest BCUT2D eigenvalue weighted by Crippen LogP contribution is 2.31. The van der Waals surface area contributed by atoms with E-state index in [1.807, 2.05) is 0 Å². The zero-order valence-electron chi connectivity index (χ0n) is 10.8. The second kappa shape index (κ2) is 5.43. The lowest BCUT2D eigenvalue weighted by atomic mass is 10.1. The molecule has 0 aliphatic rings. The van der Waals surface area contributed by atoms with E-state index in [2.05, 4.69) is 20.5 Å². The lowest BCUT2D eigenvalue weighted by molar-refractivity contribution is -0.137. The molecule has 0 fully saturated rings. The molecule has 6 nitrogen and oxygen atoms in total. The Kier molecular flexibility index (Phi) is 3.83. The van der Waals surface area contributed by atoms with Crippen LogP contribution in [0.1, 0.15) is 34.7 Å². The molecule has 1 aromatic carbocycles. The van der Waals surface area contributed by atoms with Crippen molar-refractivity contribution >= 4 is 5.91 Å². The van der Waals surface area contributed by atoms with E-state index in [0.717, 1.165) is 12.1 Å². The average molecular weight is 300 g/mol. The monoisotopic (exact) mass is 300 g/mol. The van der Waals surface area contributed by atoms with Gasteiger partial charge in [0.25, 0.3) is 5.91 Å². The Balaban J connectivity index is 2.23. The molecule has 0 aliphatic heterocycles. The van der Waals surface area contributed by atoms with Crippen LogP contribution in [0, 0.1) is 0 Å². The van der Waals surface area contributed by atoms with E-state index in [-0.39, 0.29) is 5.82 Å². The van der Waals surface area contributed by atoms with Crippen LogP contribution in [0.2, 0.25) is 0 Å². The molecule has 2 rings (SSSR count). The molecule has 0 aliphatic carbocycles. The number of nitrogens with zero attached hydrogens (tertiary/aromatic N) is 1. The fourth-order valence-corrected chi connectivity index (χ4v) is 1.76. The Morgan fingerprint density at radius 3 is 2.57 bits per heavy atom. The van der Waals surface area contributed by atoms with Gasteiger partial charge in [0, 0.05) is 0 Å². The maximum Gasteiger partial charge on any atom is 0.417 e. The molecule has 1 atom stereocenters. The van der Waals surface area contributed by atoms with Gasteiger partial charge in [-0.3, -0.25) is 9.78 Å². The van der Waals surface area contributed by atoms with Crippen molar-refractivity contribution in [1.29, 1.82) is 0 Å². The van der Waals surface area contributed by atoms with Crippen LogP contribution < -0.4 is 11.0 Å². The number of hydrogen-bond donors (Lipinski definition) is 3. The van der Waals surface area contributed by atoms with E-state index >= 15 is 0 Å². The summed E-state index contributed by atoms with van der Waals surface area (Å²) in [6.07, 6.45) is -4.63. The number of halogens is 3. The minimum absolute atomic E-state index is 0.123. The number of rotatable bonds is 3. The van der Waals surface area contributed by atoms with Gasteiger partial charge < -0.3 is 5.32 Å². The minimum Gasteiger partial charge on any atom is -0.342 e. The predicted molar refractivity (Wildman–Crippen MR) is 66.5 cm³/mol. The van der Waals surface area contributed by atoms with E-state index < -0.39 is 34.9 Å². The van der Waals surface area contributed by atoms with E-state index in [9.17, 15) is 22.8 Å². The molecule has 0 saturated carbocycles. The molecular formula is C12H11F3N4O2. The van der Waals surface area contributed by atoms with Crippen LogP contribution in [-0.2, 0) is 6.18 Å². The van der Waals surface area contributed by atoms with Gasteiger partial charge >= 0.3 is 11.9 Å². The largest absolute Gasteiger partial charge is 0.417 e. The lowest BCUT2D eigenvalue weighted by Crippen LogP contribution is -2.29. The number of aromatic amines is 2. The lowest BCUT2D eigenvalue weighted by Gasteiger charge is -2.15. The third-order valence-electron chi connectivity index (χ3n) is 2.75. The molecule has 21 heavy (non-hydrogen) atoms. The fourth-order valence-electron chi connectivity index (χ4n) is 1.76. The van der Waals surface area contributed by atoms with Crippen molar-refractivity contribution in [1.82, 2.24) is 20.5 Å². The van der Waals surface area contributed by atoms with Crippen LogP contribution in [0.15, 0.2) is 29.1 Å². The molecule has 2 aromatic rings. The summed E-state index contributed by atoms with van der Waals surface area (Å²) in [6.45, 7) is 1.49. The van der Waals surface area contributed by atoms with Crippen LogP contribution in [0.25, 0.3) is 0 Å². The highest BCUT2D eigenvalue weighted by Gasteiger charge is 2.35. The molecule has 112 valence electrons. The predicted octanol–water partition coefficient (Wildman–Crippen LogP) is 1.61. The summed E-state index contributed by atoms with van der Waals surface area (Å²) >= 11 is 0. The number of H-pyrrole nitrogens is 2. The van der Waals surface area contributed by atoms with Crippen molar-refractivity contribution < 1.29 is 18.0 Å². The summed E-state index contributed by atoms with van der Waals surface area (Å²) in [5.41, 5.74) is -2.08. The number of alkyl halides is 3. The van der Waals surface area contributed by atoms with Gasteiger partial charge in [-0.2, -0.15) is 18.3 Å². The van der Waals surface area contributed by atoms with Gasteiger partial charge in [0.05, 0.1) is 17.2 Å². The van der Waals surface area contributed by atoms with E-state index in [0.29, 0.717) is 0 Å². The highest BCUT2D eigenvalue weighted by molar-refractivity contribution is 5.96. The highest BCUT2D eigenvalue weighted by atomic mass is 19.4. The summed E-state index contributed by atoms with van der Waals surface area (Å²) < 4.78 is 38.5. The molecule has 0 spiro atoms. The number of nitrogens with one attached hydrogen (secondary N) is 3. The number of carbonyl (C=O) groups is 1. The average Bonchev–Trinajstić information content (AvgIpc) is 2.84. The molecule has 1 unspecified atom stereocenters. The number of carbonyl (C=O) groups excluding carboxylic acids is 1. The van der Waals surface area contributed by atoms with Crippen molar-refractivity contribution in [2.45, 2.75) is 19.1 Å². The Bertz CT molecular complexity index is 705. The maximum atomic E-state index is 12.8. The topological polar surface area (TPSA) is 90.6 Å². The van der Waals surface area contributed by atoms with Crippen LogP contribution >= 0.6 is 0 Å². The number of hydrogen-bond acceptors (Lipinski definition) is 3. The molecule has 3 N–H and O–H groups in total. The second-order valence-corrected chi connectivity index (χ2v) is 4.30. The number of amides is 1. The Morgan fingerprint density at radius 1 is 1.33 bits per heavy atom. The molecule has 1 heterocycles. The van der Waals surface area contributed by atoms with Gasteiger partial charge in [0.15, 0.2) is 5.82 Å². The van der Waals surface area contributed by atoms with Crippen molar-refractivity contribution in [2.75, 3.05) is 0 Å². The SMILES string of the molecule is CC(NC(=O)c1ccccc1C(F)(F)F)c1n[nH]c(=O)[nH]1. The maximum absolute atomic E-state index is 12.8. The summed E-state index contributed by atoms with van der Waals surface area (Å²) in [6, 6.07) is 3.70. The van der Waals surface area contributed by atoms with Crippen molar-refractivity contribution in [3.05, 3.63) is 51.7 Å². The van der Waals surface area contributed by atoms with Crippen LogP contribution in [0.3, 0.4) is 0 Å². The van der Waals surface area contributed by atoms with E-state index in [4.69, 9.17) is 0 Å². The van der Waals surface area contributed by atoms with Crippen molar-refractivity contribution in [3.63, 3.8) is 0 Å². The Labute approximate surface area is 116 Å². The minimum atomic E-state index is -4.63. The van der Waals surface area contributed by atoms with Gasteiger partial charge in [-0.05, 0) is 19.1 Å². The first kappa shape index (κ1) is 14.8. The first-order valence-electron chi connectivity index (χ1n) is 5.90. The van der Waals surface area contributed by atoms with Crippen molar-refractivity contribution in [2.24, 2.45) is 0 Å². The van der Waals surface area contributed by atoms with E-state index in [1.54, 1.807) is 0 Å². The molecule has 9 heteroatoms. The van der Waals surface area contributed by atoms with Crippen molar-refractivity contribution in [3.8, 4) is 0 Å². The molecule has 0 bridgehead atoms. The second-order valence-electron chi connectivity index (χ2n) is 4.30. The zero-order valence-corrected chi connectivity index (χ0v) is 10.8. The third-order valence-corrected chi connectivity index (χ3v) is 2.75. The zero-order chi connectivity index (χ0) is 15.6. The fraction of sp³-hybridized carbons (Fsp3) is 0.250. The van der Waals surface area contributed by atoms with Gasteiger partial charge in [-0.1, -0.05) is 12.1 Å². The molecular weight excluding hydrogens is 289 g/mol. The van der Waals surface area contributed by atoms with Crippen LogP contribution in [0.4, 0.5) is 13.2 Å². The summed E-state index contributed by atoms with van der Waals surface area (Å²) in [4.78, 5) is 25.2. The molecule has 0 saturated heterocycles. The molecule has 1 amide bonds. The van der Waals surface area contributed by atoms with Gasteiger partial charge in [-0.15, -0.1) is 0 Å². The summed E-state index contributed by atoms with van der Waals surface area (Å²) in [5, 5.41) is 8.06. The van der Waals surface area contributed by atoms with Gasteiger partial charge in [0.2, 0.25) is 0 Å². The smallest absolute Gasteiger partial charge is 0.342 e. The molecule has 0 radical (unpaired) electrons. The number of aromatic nitrogens is 3.